The van der Waals surface area contributed by atoms with Crippen molar-refractivity contribution in [2.24, 2.45) is 0 Å². The lowest BCUT2D eigenvalue weighted by Gasteiger charge is -2.12. The van der Waals surface area contributed by atoms with E-state index in [0.717, 1.165) is 24.0 Å². The molecule has 0 saturated carbocycles. The number of nitrogens with one attached hydrogen (secondary N) is 2. The van der Waals surface area contributed by atoms with Gasteiger partial charge < -0.3 is 10.3 Å². The second-order valence-corrected chi connectivity index (χ2v) is 4.06. The van der Waals surface area contributed by atoms with Gasteiger partial charge >= 0.3 is 0 Å². The molecule has 0 fully saturated rings. The fraction of sp³-hybridized carbons (Fsp3) is 0.385. The van der Waals surface area contributed by atoms with Gasteiger partial charge in [-0.1, -0.05) is 6.92 Å². The van der Waals surface area contributed by atoms with Gasteiger partial charge in [0, 0.05) is 30.4 Å². The predicted octanol–water partition coefficient (Wildman–Crippen LogP) is 2.34. The van der Waals surface area contributed by atoms with E-state index >= 15 is 0 Å². The molecule has 4 heteroatoms. The minimum atomic E-state index is 0.265. The molecule has 0 bridgehead atoms. The SMILES string of the molecule is CCC(CC#N)NCc1c[nH]c2ncccc12. The Hall–Kier alpha value is -1.86. The molecule has 0 aliphatic rings. The maximum absolute atomic E-state index is 8.69. The van der Waals surface area contributed by atoms with Crippen molar-refractivity contribution in [3.05, 3.63) is 30.1 Å². The number of nitrogens with zero attached hydrogens (tertiary/aromatic N) is 2. The van der Waals surface area contributed by atoms with Crippen LogP contribution in [0.3, 0.4) is 0 Å². The quantitative estimate of drug-likeness (QED) is 0.825. The first-order valence-electron chi connectivity index (χ1n) is 5.86. The molecule has 0 aliphatic heterocycles. The molecule has 0 aliphatic carbocycles. The van der Waals surface area contributed by atoms with Crippen molar-refractivity contribution in [2.45, 2.75) is 32.4 Å². The van der Waals surface area contributed by atoms with Crippen molar-refractivity contribution in [1.29, 1.82) is 5.26 Å². The molecule has 0 amide bonds. The summed E-state index contributed by atoms with van der Waals surface area (Å²) in [6, 6.07) is 6.46. The average Bonchev–Trinajstić information content (AvgIpc) is 2.78. The minimum absolute atomic E-state index is 0.265. The molecule has 2 aromatic rings. The van der Waals surface area contributed by atoms with Crippen LogP contribution < -0.4 is 5.32 Å². The maximum Gasteiger partial charge on any atom is 0.137 e. The molecule has 2 rings (SSSR count). The van der Waals surface area contributed by atoms with Crippen LogP contribution in [0.25, 0.3) is 11.0 Å². The zero-order valence-electron chi connectivity index (χ0n) is 9.90. The van der Waals surface area contributed by atoms with Crippen LogP contribution in [0.5, 0.6) is 0 Å². The second kappa shape index (κ2) is 5.46. The van der Waals surface area contributed by atoms with Crippen LogP contribution in [-0.2, 0) is 6.54 Å². The first kappa shape index (κ1) is 11.6. The van der Waals surface area contributed by atoms with Crippen molar-refractivity contribution in [1.82, 2.24) is 15.3 Å². The number of aromatic amines is 1. The third kappa shape index (κ3) is 2.63. The molecule has 4 nitrogen and oxygen atoms in total. The van der Waals surface area contributed by atoms with Gasteiger partial charge in [-0.2, -0.15) is 5.26 Å². The minimum Gasteiger partial charge on any atom is -0.346 e. The van der Waals surface area contributed by atoms with E-state index in [2.05, 4.69) is 34.3 Å². The Labute approximate surface area is 101 Å². The van der Waals surface area contributed by atoms with Crippen molar-refractivity contribution in [3.63, 3.8) is 0 Å². The molecule has 88 valence electrons. The first-order valence-corrected chi connectivity index (χ1v) is 5.86. The van der Waals surface area contributed by atoms with Gasteiger partial charge in [-0.05, 0) is 24.1 Å². The molecule has 0 spiro atoms. The van der Waals surface area contributed by atoms with Crippen molar-refractivity contribution < 1.29 is 0 Å². The highest BCUT2D eigenvalue weighted by molar-refractivity contribution is 5.79. The Morgan fingerprint density at radius 1 is 1.59 bits per heavy atom. The predicted molar refractivity (Wildman–Crippen MR) is 67.2 cm³/mol. The summed E-state index contributed by atoms with van der Waals surface area (Å²) in [5, 5.41) is 13.2. The number of aromatic nitrogens is 2. The van der Waals surface area contributed by atoms with E-state index in [1.807, 2.05) is 12.3 Å². The van der Waals surface area contributed by atoms with Gasteiger partial charge in [0.25, 0.3) is 0 Å². The molecule has 2 aromatic heterocycles. The topological polar surface area (TPSA) is 64.5 Å². The summed E-state index contributed by atoms with van der Waals surface area (Å²) in [5.41, 5.74) is 2.11. The van der Waals surface area contributed by atoms with Gasteiger partial charge in [0.2, 0.25) is 0 Å². The lowest BCUT2D eigenvalue weighted by molar-refractivity contribution is 0.506. The third-order valence-corrected chi connectivity index (χ3v) is 2.95. The smallest absolute Gasteiger partial charge is 0.137 e. The van der Waals surface area contributed by atoms with E-state index < -0.39 is 0 Å². The summed E-state index contributed by atoms with van der Waals surface area (Å²) in [6.07, 6.45) is 5.27. The lowest BCUT2D eigenvalue weighted by atomic mass is 10.1. The van der Waals surface area contributed by atoms with E-state index in [-0.39, 0.29) is 6.04 Å². The largest absolute Gasteiger partial charge is 0.346 e. The molecular weight excluding hydrogens is 212 g/mol. The van der Waals surface area contributed by atoms with E-state index in [4.69, 9.17) is 5.26 Å². The summed E-state index contributed by atoms with van der Waals surface area (Å²) in [7, 11) is 0. The third-order valence-electron chi connectivity index (χ3n) is 2.95. The Morgan fingerprint density at radius 2 is 2.47 bits per heavy atom. The highest BCUT2D eigenvalue weighted by atomic mass is 14.9. The lowest BCUT2D eigenvalue weighted by Crippen LogP contribution is -2.27. The van der Waals surface area contributed by atoms with Gasteiger partial charge in [0.1, 0.15) is 5.65 Å². The first-order chi connectivity index (χ1) is 8.35. The number of pyridine rings is 1. The molecule has 17 heavy (non-hydrogen) atoms. The maximum atomic E-state index is 8.69. The Bertz CT molecular complexity index is 523. The monoisotopic (exact) mass is 228 g/mol. The Morgan fingerprint density at radius 3 is 3.24 bits per heavy atom. The summed E-state index contributed by atoms with van der Waals surface area (Å²) in [4.78, 5) is 7.40. The number of hydrogen-bond acceptors (Lipinski definition) is 3. The number of rotatable bonds is 5. The van der Waals surface area contributed by atoms with Gasteiger partial charge in [0.05, 0.1) is 12.5 Å². The average molecular weight is 228 g/mol. The standard InChI is InChI=1S/C13H16N4/c1-2-11(5-6-14)16-8-10-9-17-13-12(10)4-3-7-15-13/h3-4,7,9,11,16H,2,5,8H2,1H3,(H,15,17). The molecule has 0 saturated heterocycles. The van der Waals surface area contributed by atoms with E-state index in [1.165, 1.54) is 5.56 Å². The fourth-order valence-electron chi connectivity index (χ4n) is 1.88. The van der Waals surface area contributed by atoms with E-state index in [0.29, 0.717) is 6.42 Å². The molecule has 1 unspecified atom stereocenters. The van der Waals surface area contributed by atoms with Crippen molar-refractivity contribution in [3.8, 4) is 6.07 Å². The number of hydrogen-bond donors (Lipinski definition) is 2. The van der Waals surface area contributed by atoms with Crippen LogP contribution in [0, 0.1) is 11.3 Å². The zero-order valence-corrected chi connectivity index (χ0v) is 9.90. The van der Waals surface area contributed by atoms with E-state index in [1.54, 1.807) is 6.20 Å². The summed E-state index contributed by atoms with van der Waals surface area (Å²) in [6.45, 7) is 2.86. The summed E-state index contributed by atoms with van der Waals surface area (Å²) < 4.78 is 0. The van der Waals surface area contributed by atoms with Crippen LogP contribution in [0.2, 0.25) is 0 Å². The molecule has 1 atom stereocenters. The van der Waals surface area contributed by atoms with Crippen LogP contribution in [0.4, 0.5) is 0 Å². The number of fused-ring (bicyclic) bond motifs is 1. The molecule has 2 heterocycles. The zero-order chi connectivity index (χ0) is 12.1. The molecule has 0 aromatic carbocycles. The highest BCUT2D eigenvalue weighted by Gasteiger charge is 2.07. The molecule has 2 N–H and O–H groups in total. The second-order valence-electron chi connectivity index (χ2n) is 4.06. The number of nitriles is 1. The Balaban J connectivity index is 2.06. The van der Waals surface area contributed by atoms with Crippen LogP contribution in [0.15, 0.2) is 24.5 Å². The molecule has 0 radical (unpaired) electrons. The fourth-order valence-corrected chi connectivity index (χ4v) is 1.88. The summed E-state index contributed by atoms with van der Waals surface area (Å²) in [5.74, 6) is 0. The van der Waals surface area contributed by atoms with Gasteiger partial charge in [-0.25, -0.2) is 4.98 Å². The van der Waals surface area contributed by atoms with Gasteiger partial charge in [-0.15, -0.1) is 0 Å². The van der Waals surface area contributed by atoms with Crippen LogP contribution in [0.1, 0.15) is 25.3 Å². The molecular formula is C13H16N4. The van der Waals surface area contributed by atoms with Crippen LogP contribution in [-0.4, -0.2) is 16.0 Å². The summed E-state index contributed by atoms with van der Waals surface area (Å²) >= 11 is 0. The van der Waals surface area contributed by atoms with Crippen molar-refractivity contribution >= 4 is 11.0 Å². The number of H-pyrrole nitrogens is 1. The normalized spacial score (nSPS) is 12.5. The van der Waals surface area contributed by atoms with Crippen molar-refractivity contribution in [2.75, 3.05) is 0 Å². The van der Waals surface area contributed by atoms with Gasteiger partial charge in [0.15, 0.2) is 0 Å². The Kier molecular flexibility index (Phi) is 3.73. The van der Waals surface area contributed by atoms with E-state index in [9.17, 15) is 0 Å². The van der Waals surface area contributed by atoms with Gasteiger partial charge in [-0.3, -0.25) is 0 Å². The highest BCUT2D eigenvalue weighted by Crippen LogP contribution is 2.15. The van der Waals surface area contributed by atoms with Crippen LogP contribution >= 0.6 is 0 Å².